The highest BCUT2D eigenvalue weighted by atomic mass is 16.5. The summed E-state index contributed by atoms with van der Waals surface area (Å²) in [5.74, 6) is 1.14. The molecule has 0 fully saturated rings. The SMILES string of the molecule is Cc1nc(N)ncc1Oc1ccccc1C=O. The summed E-state index contributed by atoms with van der Waals surface area (Å²) in [7, 11) is 0. The van der Waals surface area contributed by atoms with Gasteiger partial charge in [-0.2, -0.15) is 0 Å². The van der Waals surface area contributed by atoms with Gasteiger partial charge in [0.05, 0.1) is 17.5 Å². The number of ether oxygens (including phenoxy) is 1. The van der Waals surface area contributed by atoms with Crippen LogP contribution in [0.2, 0.25) is 0 Å². The first-order chi connectivity index (χ1) is 8.20. The fourth-order valence-electron chi connectivity index (χ4n) is 1.36. The first kappa shape index (κ1) is 11.1. The molecule has 0 aliphatic heterocycles. The summed E-state index contributed by atoms with van der Waals surface area (Å²) < 4.78 is 5.57. The summed E-state index contributed by atoms with van der Waals surface area (Å²) in [4.78, 5) is 18.6. The van der Waals surface area contributed by atoms with Crippen LogP contribution in [0.3, 0.4) is 0 Å². The van der Waals surface area contributed by atoms with Crippen LogP contribution in [0.25, 0.3) is 0 Å². The molecule has 0 aliphatic rings. The number of nitrogens with two attached hydrogens (primary N) is 1. The number of anilines is 1. The Morgan fingerprint density at radius 3 is 2.76 bits per heavy atom. The van der Waals surface area contributed by atoms with Crippen LogP contribution in [0.15, 0.2) is 30.5 Å². The van der Waals surface area contributed by atoms with Gasteiger partial charge in [-0.05, 0) is 19.1 Å². The van der Waals surface area contributed by atoms with Crippen LogP contribution in [0.5, 0.6) is 11.5 Å². The van der Waals surface area contributed by atoms with Crippen LogP contribution in [0.1, 0.15) is 16.1 Å². The number of carbonyl (C=O) groups excluding carboxylic acids is 1. The number of hydrogen-bond donors (Lipinski definition) is 1. The smallest absolute Gasteiger partial charge is 0.220 e. The molecule has 0 radical (unpaired) electrons. The summed E-state index contributed by atoms with van der Waals surface area (Å²) in [6, 6.07) is 6.94. The molecule has 0 saturated carbocycles. The largest absolute Gasteiger partial charge is 0.453 e. The minimum absolute atomic E-state index is 0.193. The van der Waals surface area contributed by atoms with Crippen molar-refractivity contribution in [1.82, 2.24) is 9.97 Å². The highest BCUT2D eigenvalue weighted by Gasteiger charge is 2.07. The maximum atomic E-state index is 10.8. The molecule has 0 unspecified atom stereocenters. The molecule has 17 heavy (non-hydrogen) atoms. The zero-order chi connectivity index (χ0) is 12.3. The molecule has 1 aromatic heterocycles. The van der Waals surface area contributed by atoms with Crippen LogP contribution >= 0.6 is 0 Å². The van der Waals surface area contributed by atoms with Gasteiger partial charge in [-0.1, -0.05) is 12.1 Å². The summed E-state index contributed by atoms with van der Waals surface area (Å²) in [5, 5.41) is 0. The Balaban J connectivity index is 2.34. The molecule has 0 spiro atoms. The second-order valence-electron chi connectivity index (χ2n) is 3.44. The summed E-state index contributed by atoms with van der Waals surface area (Å²) in [6.07, 6.45) is 2.22. The number of rotatable bonds is 3. The van der Waals surface area contributed by atoms with Gasteiger partial charge in [0, 0.05) is 0 Å². The average Bonchev–Trinajstić information content (AvgIpc) is 2.33. The fraction of sp³-hybridized carbons (Fsp3) is 0.0833. The number of hydrogen-bond acceptors (Lipinski definition) is 5. The third-order valence-electron chi connectivity index (χ3n) is 2.22. The van der Waals surface area contributed by atoms with Crippen molar-refractivity contribution in [1.29, 1.82) is 0 Å². The Bertz CT molecular complexity index is 555. The van der Waals surface area contributed by atoms with Gasteiger partial charge >= 0.3 is 0 Å². The Morgan fingerprint density at radius 1 is 1.29 bits per heavy atom. The number of nitrogens with zero attached hydrogens (tertiary/aromatic N) is 2. The number of aryl methyl sites for hydroxylation is 1. The lowest BCUT2D eigenvalue weighted by atomic mass is 10.2. The summed E-state index contributed by atoms with van der Waals surface area (Å²) in [5.41, 5.74) is 6.54. The molecule has 5 nitrogen and oxygen atoms in total. The van der Waals surface area contributed by atoms with E-state index in [2.05, 4.69) is 9.97 Å². The number of nitrogen functional groups attached to an aromatic ring is 1. The lowest BCUT2D eigenvalue weighted by Crippen LogP contribution is -1.99. The van der Waals surface area contributed by atoms with Crippen LogP contribution in [-0.4, -0.2) is 16.3 Å². The number of aldehydes is 1. The van der Waals surface area contributed by atoms with Gasteiger partial charge in [-0.25, -0.2) is 9.97 Å². The van der Waals surface area contributed by atoms with Gasteiger partial charge in [0.25, 0.3) is 0 Å². The molecule has 2 aromatic rings. The van der Waals surface area contributed by atoms with Gasteiger partial charge in [-0.3, -0.25) is 4.79 Å². The van der Waals surface area contributed by atoms with E-state index in [0.717, 1.165) is 6.29 Å². The van der Waals surface area contributed by atoms with E-state index in [1.54, 1.807) is 31.2 Å². The molecule has 0 atom stereocenters. The minimum atomic E-state index is 0.193. The van der Waals surface area contributed by atoms with Crippen LogP contribution in [0.4, 0.5) is 5.95 Å². The van der Waals surface area contributed by atoms with Crippen molar-refractivity contribution >= 4 is 12.2 Å². The van der Waals surface area contributed by atoms with Crippen molar-refractivity contribution in [2.75, 3.05) is 5.73 Å². The second kappa shape index (κ2) is 4.61. The topological polar surface area (TPSA) is 78.1 Å². The van der Waals surface area contributed by atoms with Crippen molar-refractivity contribution in [2.24, 2.45) is 0 Å². The number of para-hydroxylation sites is 1. The maximum absolute atomic E-state index is 10.8. The van der Waals surface area contributed by atoms with Crippen molar-refractivity contribution in [3.05, 3.63) is 41.7 Å². The molecule has 0 amide bonds. The van der Waals surface area contributed by atoms with E-state index in [1.165, 1.54) is 6.20 Å². The Hall–Kier alpha value is -2.43. The van der Waals surface area contributed by atoms with E-state index >= 15 is 0 Å². The van der Waals surface area contributed by atoms with Gasteiger partial charge in [0.1, 0.15) is 5.75 Å². The predicted octanol–water partition coefficient (Wildman–Crippen LogP) is 1.97. The van der Waals surface area contributed by atoms with Crippen molar-refractivity contribution in [2.45, 2.75) is 6.92 Å². The number of carbonyl (C=O) groups is 1. The Morgan fingerprint density at radius 2 is 2.06 bits per heavy atom. The molecule has 0 saturated heterocycles. The normalized spacial score (nSPS) is 9.94. The van der Waals surface area contributed by atoms with Crippen LogP contribution in [-0.2, 0) is 0 Å². The highest BCUT2D eigenvalue weighted by Crippen LogP contribution is 2.25. The summed E-state index contributed by atoms with van der Waals surface area (Å²) >= 11 is 0. The van der Waals surface area contributed by atoms with Gasteiger partial charge in [0.15, 0.2) is 12.0 Å². The van der Waals surface area contributed by atoms with E-state index in [-0.39, 0.29) is 5.95 Å². The molecule has 5 heteroatoms. The van der Waals surface area contributed by atoms with E-state index in [9.17, 15) is 4.79 Å². The highest BCUT2D eigenvalue weighted by molar-refractivity contribution is 5.79. The molecule has 0 aliphatic carbocycles. The standard InChI is InChI=1S/C12H11N3O2/c1-8-11(6-14-12(13)15-8)17-10-5-3-2-4-9(10)7-16/h2-7H,1H3,(H2,13,14,15). The molecule has 2 N–H and O–H groups in total. The zero-order valence-corrected chi connectivity index (χ0v) is 9.25. The fourth-order valence-corrected chi connectivity index (χ4v) is 1.36. The Kier molecular flexibility index (Phi) is 3.00. The zero-order valence-electron chi connectivity index (χ0n) is 9.25. The van der Waals surface area contributed by atoms with E-state index < -0.39 is 0 Å². The average molecular weight is 229 g/mol. The predicted molar refractivity (Wildman–Crippen MR) is 63.1 cm³/mol. The van der Waals surface area contributed by atoms with Gasteiger partial charge in [0.2, 0.25) is 5.95 Å². The van der Waals surface area contributed by atoms with Gasteiger partial charge in [-0.15, -0.1) is 0 Å². The van der Waals surface area contributed by atoms with Crippen LogP contribution in [0, 0.1) is 6.92 Å². The van der Waals surface area contributed by atoms with Gasteiger partial charge < -0.3 is 10.5 Å². The van der Waals surface area contributed by atoms with Crippen molar-refractivity contribution in [3.63, 3.8) is 0 Å². The van der Waals surface area contributed by atoms with Crippen molar-refractivity contribution in [3.8, 4) is 11.5 Å². The number of aromatic nitrogens is 2. The first-order valence-corrected chi connectivity index (χ1v) is 5.02. The summed E-state index contributed by atoms with van der Waals surface area (Å²) in [6.45, 7) is 1.76. The lowest BCUT2D eigenvalue weighted by molar-refractivity contribution is 0.112. The molecule has 2 rings (SSSR count). The monoisotopic (exact) mass is 229 g/mol. The van der Waals surface area contributed by atoms with Crippen LogP contribution < -0.4 is 10.5 Å². The second-order valence-corrected chi connectivity index (χ2v) is 3.44. The quantitative estimate of drug-likeness (QED) is 0.814. The van der Waals surface area contributed by atoms with E-state index in [4.69, 9.17) is 10.5 Å². The molecule has 1 aromatic carbocycles. The minimum Gasteiger partial charge on any atom is -0.453 e. The maximum Gasteiger partial charge on any atom is 0.220 e. The first-order valence-electron chi connectivity index (χ1n) is 5.02. The third kappa shape index (κ3) is 2.39. The third-order valence-corrected chi connectivity index (χ3v) is 2.22. The van der Waals surface area contributed by atoms with Crippen molar-refractivity contribution < 1.29 is 9.53 Å². The molecule has 86 valence electrons. The molecular formula is C12H11N3O2. The van der Waals surface area contributed by atoms with E-state index in [1.807, 2.05) is 0 Å². The van der Waals surface area contributed by atoms with E-state index in [0.29, 0.717) is 22.8 Å². The lowest BCUT2D eigenvalue weighted by Gasteiger charge is -2.09. The Labute approximate surface area is 98.3 Å². The number of benzene rings is 1. The molecule has 1 heterocycles. The molecular weight excluding hydrogens is 218 g/mol. The molecule has 0 bridgehead atoms.